The number of benzene rings is 1. The number of allylic oxidation sites excluding steroid dienone is 2. The maximum absolute atomic E-state index is 15.1. The first-order valence-electron chi connectivity index (χ1n) is 15.2. The van der Waals surface area contributed by atoms with Gasteiger partial charge in [-0.2, -0.15) is 0 Å². The van der Waals surface area contributed by atoms with Crippen molar-refractivity contribution in [1.29, 1.82) is 0 Å². The van der Waals surface area contributed by atoms with E-state index in [1.54, 1.807) is 0 Å². The third-order valence-electron chi connectivity index (χ3n) is 10.1. The smallest absolute Gasteiger partial charge is 0.149 e. The van der Waals surface area contributed by atoms with Crippen LogP contribution in [0.2, 0.25) is 5.02 Å². The first-order valence-corrected chi connectivity index (χ1v) is 15.6. The average Bonchev–Trinajstić information content (AvgIpc) is 2.91. The molecule has 1 aromatic rings. The molecule has 0 amide bonds. The molecule has 1 aromatic carbocycles. The van der Waals surface area contributed by atoms with Gasteiger partial charge >= 0.3 is 0 Å². The molecule has 0 bridgehead atoms. The fourth-order valence-electron chi connectivity index (χ4n) is 7.47. The van der Waals surface area contributed by atoms with E-state index in [1.165, 1.54) is 95.5 Å². The Bertz CT molecular complexity index is 811. The van der Waals surface area contributed by atoms with Crippen LogP contribution in [0.5, 0.6) is 0 Å². The molecule has 3 aliphatic rings. The molecule has 2 fully saturated rings. The van der Waals surface area contributed by atoms with Crippen LogP contribution in [0.4, 0.5) is 4.39 Å². The summed E-state index contributed by atoms with van der Waals surface area (Å²) in [7, 11) is 0. The van der Waals surface area contributed by atoms with Crippen LogP contribution < -0.4 is 0 Å². The first kappa shape index (κ1) is 27.2. The molecule has 0 nitrogen and oxygen atoms in total. The Morgan fingerprint density at radius 3 is 2.06 bits per heavy atom. The predicted octanol–water partition coefficient (Wildman–Crippen LogP) is 11.2. The monoisotopic (exact) mass is 500 g/mol. The van der Waals surface area contributed by atoms with E-state index in [1.807, 2.05) is 6.07 Å². The summed E-state index contributed by atoms with van der Waals surface area (Å²) in [5.41, 5.74) is 2.91. The normalized spacial score (nSPS) is 29.7. The van der Waals surface area contributed by atoms with Crippen LogP contribution in [0.3, 0.4) is 0 Å². The van der Waals surface area contributed by atoms with Crippen molar-refractivity contribution in [3.8, 4) is 0 Å². The average molecular weight is 501 g/mol. The van der Waals surface area contributed by atoms with E-state index in [-0.39, 0.29) is 5.82 Å². The molecule has 0 saturated heterocycles. The lowest BCUT2D eigenvalue weighted by molar-refractivity contribution is 0.175. The van der Waals surface area contributed by atoms with Gasteiger partial charge in [-0.3, -0.25) is 0 Å². The van der Waals surface area contributed by atoms with Crippen LogP contribution in [0, 0.1) is 35.4 Å². The Labute approximate surface area is 220 Å². The summed E-state index contributed by atoms with van der Waals surface area (Å²) >= 11 is 6.45. The molecule has 4 rings (SSSR count). The molecule has 35 heavy (non-hydrogen) atoms. The van der Waals surface area contributed by atoms with Crippen LogP contribution >= 0.6 is 11.6 Å². The van der Waals surface area contributed by atoms with Crippen molar-refractivity contribution < 1.29 is 4.39 Å². The van der Waals surface area contributed by atoms with Gasteiger partial charge in [0, 0.05) is 5.56 Å². The second kappa shape index (κ2) is 13.6. The van der Waals surface area contributed by atoms with Crippen LogP contribution in [-0.4, -0.2) is 0 Å². The summed E-state index contributed by atoms with van der Waals surface area (Å²) in [4.78, 5) is 0. The molecule has 0 radical (unpaired) electrons. The predicted molar refractivity (Wildman–Crippen MR) is 150 cm³/mol. The van der Waals surface area contributed by atoms with Gasteiger partial charge in [0.25, 0.3) is 0 Å². The Balaban J connectivity index is 1.21. The second-order valence-electron chi connectivity index (χ2n) is 12.3. The van der Waals surface area contributed by atoms with Crippen LogP contribution in [0.1, 0.15) is 134 Å². The van der Waals surface area contributed by atoms with Gasteiger partial charge in [0.2, 0.25) is 0 Å². The maximum atomic E-state index is 15.1. The fourth-order valence-corrected chi connectivity index (χ4v) is 7.73. The molecule has 196 valence electrons. The van der Waals surface area contributed by atoms with Crippen molar-refractivity contribution >= 4 is 17.2 Å². The third-order valence-corrected chi connectivity index (χ3v) is 10.5. The molecular weight excluding hydrogens is 451 g/mol. The summed E-state index contributed by atoms with van der Waals surface area (Å²) in [5.74, 6) is 4.53. The first-order chi connectivity index (χ1) is 17.1. The summed E-state index contributed by atoms with van der Waals surface area (Å²) < 4.78 is 15.1. The highest BCUT2D eigenvalue weighted by Crippen LogP contribution is 2.44. The minimum atomic E-state index is -0.186. The largest absolute Gasteiger partial charge is 0.205 e. The fraction of sp³-hybridized carbons (Fsp3) is 0.758. The molecule has 0 aromatic heterocycles. The van der Waals surface area contributed by atoms with E-state index >= 15 is 4.39 Å². The lowest BCUT2D eigenvalue weighted by atomic mass is 9.69. The van der Waals surface area contributed by atoms with Gasteiger partial charge in [0.1, 0.15) is 5.82 Å². The molecule has 0 heterocycles. The molecule has 0 aliphatic heterocycles. The van der Waals surface area contributed by atoms with Crippen molar-refractivity contribution in [2.75, 3.05) is 0 Å². The summed E-state index contributed by atoms with van der Waals surface area (Å²) in [6.45, 7) is 4.56. The van der Waals surface area contributed by atoms with Crippen molar-refractivity contribution in [2.24, 2.45) is 29.6 Å². The Morgan fingerprint density at radius 2 is 1.46 bits per heavy atom. The second-order valence-corrected chi connectivity index (χ2v) is 12.7. The van der Waals surface area contributed by atoms with E-state index in [4.69, 9.17) is 11.6 Å². The molecule has 2 heteroatoms. The number of halogens is 2. The van der Waals surface area contributed by atoms with E-state index < -0.39 is 0 Å². The van der Waals surface area contributed by atoms with Crippen LogP contribution in [-0.2, 0) is 6.42 Å². The van der Waals surface area contributed by atoms with Gasteiger partial charge < -0.3 is 0 Å². The topological polar surface area (TPSA) is 0 Å². The van der Waals surface area contributed by atoms with Gasteiger partial charge in [-0.1, -0.05) is 114 Å². The van der Waals surface area contributed by atoms with E-state index in [0.29, 0.717) is 5.02 Å². The molecular formula is C33H50ClF. The van der Waals surface area contributed by atoms with Gasteiger partial charge in [-0.05, 0) is 85.7 Å². The zero-order valence-electron chi connectivity index (χ0n) is 22.6. The van der Waals surface area contributed by atoms with Crippen molar-refractivity contribution in [3.63, 3.8) is 0 Å². The molecule has 1 atom stereocenters. The number of rotatable bonds is 10. The Kier molecular flexibility index (Phi) is 10.6. The lowest BCUT2D eigenvalue weighted by Crippen LogP contribution is -2.24. The number of aryl methyl sites for hydroxylation is 1. The standard InChI is InChI=1S/C33H50ClF/c1-3-5-6-7-30-22-23-31(33(35)32(30)34)29-20-18-28(19-21-29)27-16-14-26(15-17-27)13-12-25-10-8-24(4-2)9-11-25/h20,22-28H,3-19,21H2,1-2H3. The van der Waals surface area contributed by atoms with Gasteiger partial charge in [0.15, 0.2) is 0 Å². The summed E-state index contributed by atoms with van der Waals surface area (Å²) in [6.07, 6.45) is 26.1. The molecule has 0 N–H and O–H groups in total. The van der Waals surface area contributed by atoms with Gasteiger partial charge in [-0.25, -0.2) is 4.39 Å². The third kappa shape index (κ3) is 7.37. The van der Waals surface area contributed by atoms with Crippen LogP contribution in [0.25, 0.3) is 5.57 Å². The summed E-state index contributed by atoms with van der Waals surface area (Å²) in [6, 6.07) is 4.06. The number of unbranched alkanes of at least 4 members (excludes halogenated alkanes) is 2. The maximum Gasteiger partial charge on any atom is 0.149 e. The SMILES string of the molecule is CCCCCc1ccc(C2=CCC(C3CCC(CCC4CCC(CC)CC4)CC3)CC2)c(F)c1Cl. The van der Waals surface area contributed by atoms with Gasteiger partial charge in [-0.15, -0.1) is 0 Å². The quantitative estimate of drug-likeness (QED) is 0.280. The molecule has 0 spiro atoms. The van der Waals surface area contributed by atoms with E-state index in [2.05, 4.69) is 26.0 Å². The highest BCUT2D eigenvalue weighted by molar-refractivity contribution is 6.31. The number of hydrogen-bond donors (Lipinski definition) is 0. The Hall–Kier alpha value is -0.820. The van der Waals surface area contributed by atoms with Crippen molar-refractivity contribution in [1.82, 2.24) is 0 Å². The highest BCUT2D eigenvalue weighted by Gasteiger charge is 2.30. The van der Waals surface area contributed by atoms with Gasteiger partial charge in [0.05, 0.1) is 5.02 Å². The summed E-state index contributed by atoms with van der Waals surface area (Å²) in [5, 5.41) is 0.360. The lowest BCUT2D eigenvalue weighted by Gasteiger charge is -2.36. The van der Waals surface area contributed by atoms with E-state index in [9.17, 15) is 0 Å². The minimum Gasteiger partial charge on any atom is -0.205 e. The molecule has 2 saturated carbocycles. The Morgan fingerprint density at radius 1 is 0.800 bits per heavy atom. The molecule has 3 aliphatic carbocycles. The zero-order valence-corrected chi connectivity index (χ0v) is 23.4. The minimum absolute atomic E-state index is 0.186. The van der Waals surface area contributed by atoms with Crippen molar-refractivity contribution in [3.05, 3.63) is 40.2 Å². The molecule has 1 unspecified atom stereocenters. The van der Waals surface area contributed by atoms with Crippen molar-refractivity contribution in [2.45, 2.75) is 129 Å². The highest BCUT2D eigenvalue weighted by atomic mass is 35.5. The van der Waals surface area contributed by atoms with Crippen LogP contribution in [0.15, 0.2) is 18.2 Å². The number of hydrogen-bond acceptors (Lipinski definition) is 0. The van der Waals surface area contributed by atoms with E-state index in [0.717, 1.165) is 66.4 Å². The zero-order chi connectivity index (χ0) is 24.6.